The second-order valence-electron chi connectivity index (χ2n) is 2.43. The lowest BCUT2D eigenvalue weighted by Gasteiger charge is -1.95. The molecule has 0 amide bonds. The molecule has 3 heteroatoms. The quantitative estimate of drug-likeness (QED) is 0.724. The molecule has 0 fully saturated rings. The van der Waals surface area contributed by atoms with E-state index in [1.807, 2.05) is 30.3 Å². The third-order valence-electron chi connectivity index (χ3n) is 1.63. The fraction of sp³-hybridized carbons (Fsp3) is 0. The molecule has 12 heavy (non-hydrogen) atoms. The van der Waals surface area contributed by atoms with Crippen molar-refractivity contribution < 1.29 is 0 Å². The first-order valence-electron chi connectivity index (χ1n) is 3.62. The third-order valence-corrected chi connectivity index (χ3v) is 2.52. The van der Waals surface area contributed by atoms with Gasteiger partial charge in [0.05, 0.1) is 10.4 Å². The Morgan fingerprint density at radius 3 is 2.50 bits per heavy atom. The van der Waals surface area contributed by atoms with Gasteiger partial charge in [-0.1, -0.05) is 30.3 Å². The van der Waals surface area contributed by atoms with Gasteiger partial charge in [0.1, 0.15) is 5.82 Å². The number of aromatic nitrogens is 1. The monoisotopic (exact) mass is 176 g/mol. The Morgan fingerprint density at radius 2 is 1.92 bits per heavy atom. The molecule has 2 aromatic rings. The highest BCUT2D eigenvalue weighted by Crippen LogP contribution is 2.28. The van der Waals surface area contributed by atoms with Crippen molar-refractivity contribution in [2.75, 3.05) is 5.73 Å². The third kappa shape index (κ3) is 1.19. The van der Waals surface area contributed by atoms with Gasteiger partial charge in [0.2, 0.25) is 0 Å². The lowest BCUT2D eigenvalue weighted by Crippen LogP contribution is -1.85. The molecule has 0 radical (unpaired) electrons. The summed E-state index contributed by atoms with van der Waals surface area (Å²) in [6, 6.07) is 10.0. The van der Waals surface area contributed by atoms with E-state index in [0.29, 0.717) is 5.82 Å². The van der Waals surface area contributed by atoms with Gasteiger partial charge in [-0.05, 0) is 5.56 Å². The number of nitrogens with zero attached hydrogens (tertiary/aromatic N) is 1. The number of nitrogen functional groups attached to an aromatic ring is 1. The van der Waals surface area contributed by atoms with Gasteiger partial charge in [0.25, 0.3) is 0 Å². The fourth-order valence-electron chi connectivity index (χ4n) is 1.06. The Morgan fingerprint density at radius 1 is 1.17 bits per heavy atom. The van der Waals surface area contributed by atoms with Crippen LogP contribution in [-0.4, -0.2) is 4.98 Å². The van der Waals surface area contributed by atoms with Gasteiger partial charge in [0, 0.05) is 0 Å². The maximum atomic E-state index is 5.67. The van der Waals surface area contributed by atoms with Crippen LogP contribution < -0.4 is 5.73 Å². The van der Waals surface area contributed by atoms with E-state index >= 15 is 0 Å². The number of thiazole rings is 1. The molecule has 2 rings (SSSR count). The highest BCUT2D eigenvalue weighted by Gasteiger charge is 2.02. The average Bonchev–Trinajstić information content (AvgIpc) is 2.53. The maximum absolute atomic E-state index is 5.67. The molecule has 0 unspecified atom stereocenters. The van der Waals surface area contributed by atoms with Crippen LogP contribution in [-0.2, 0) is 0 Å². The molecular formula is C9H8N2S. The van der Waals surface area contributed by atoms with Gasteiger partial charge in [-0.3, -0.25) is 0 Å². The maximum Gasteiger partial charge on any atom is 0.142 e. The van der Waals surface area contributed by atoms with Crippen LogP contribution in [0.4, 0.5) is 5.82 Å². The summed E-state index contributed by atoms with van der Waals surface area (Å²) in [7, 11) is 0. The predicted molar refractivity (Wildman–Crippen MR) is 52.0 cm³/mol. The molecule has 1 aromatic carbocycles. The Bertz CT molecular complexity index is 367. The molecule has 0 aliphatic carbocycles. The number of nitrogens with two attached hydrogens (primary N) is 1. The zero-order valence-electron chi connectivity index (χ0n) is 6.40. The minimum absolute atomic E-state index is 0.617. The summed E-state index contributed by atoms with van der Waals surface area (Å²) in [5, 5.41) is 0. The van der Waals surface area contributed by atoms with E-state index in [2.05, 4.69) is 4.98 Å². The van der Waals surface area contributed by atoms with Crippen LogP contribution in [0.1, 0.15) is 0 Å². The largest absolute Gasteiger partial charge is 0.382 e. The Kier molecular flexibility index (Phi) is 1.80. The molecule has 60 valence electrons. The molecule has 0 spiro atoms. The highest BCUT2D eigenvalue weighted by molar-refractivity contribution is 7.13. The number of benzene rings is 1. The van der Waals surface area contributed by atoms with Gasteiger partial charge < -0.3 is 5.73 Å². The summed E-state index contributed by atoms with van der Waals surface area (Å²) in [6.07, 6.45) is 0. The normalized spacial score (nSPS) is 10.0. The molecule has 0 saturated carbocycles. The lowest BCUT2D eigenvalue weighted by atomic mass is 10.2. The van der Waals surface area contributed by atoms with E-state index in [9.17, 15) is 0 Å². The minimum atomic E-state index is 0.617. The SMILES string of the molecule is Nc1ncsc1-c1ccccc1. The van der Waals surface area contributed by atoms with Crippen molar-refractivity contribution >= 4 is 17.2 Å². The molecule has 2 N–H and O–H groups in total. The molecule has 0 aliphatic rings. The van der Waals surface area contributed by atoms with E-state index in [0.717, 1.165) is 10.4 Å². The van der Waals surface area contributed by atoms with Gasteiger partial charge >= 0.3 is 0 Å². The van der Waals surface area contributed by atoms with Crippen LogP contribution in [0.2, 0.25) is 0 Å². The first-order valence-corrected chi connectivity index (χ1v) is 4.50. The summed E-state index contributed by atoms with van der Waals surface area (Å²) >= 11 is 1.57. The van der Waals surface area contributed by atoms with E-state index in [-0.39, 0.29) is 0 Å². The number of anilines is 1. The Labute approximate surface area is 74.7 Å². The van der Waals surface area contributed by atoms with Gasteiger partial charge in [0.15, 0.2) is 0 Å². The Hall–Kier alpha value is -1.35. The molecule has 0 aliphatic heterocycles. The number of hydrogen-bond donors (Lipinski definition) is 1. The lowest BCUT2D eigenvalue weighted by molar-refractivity contribution is 1.42. The van der Waals surface area contributed by atoms with Crippen molar-refractivity contribution in [3.8, 4) is 10.4 Å². The summed E-state index contributed by atoms with van der Waals surface area (Å²) in [6.45, 7) is 0. The molecule has 0 bridgehead atoms. The molecule has 2 nitrogen and oxygen atoms in total. The Balaban J connectivity index is 2.51. The molecule has 1 aromatic heterocycles. The summed E-state index contributed by atoms with van der Waals surface area (Å²) in [5.74, 6) is 0.617. The summed E-state index contributed by atoms with van der Waals surface area (Å²) in [5.41, 5.74) is 8.57. The minimum Gasteiger partial charge on any atom is -0.382 e. The fourth-order valence-corrected chi connectivity index (χ4v) is 1.78. The van der Waals surface area contributed by atoms with E-state index in [1.54, 1.807) is 16.8 Å². The van der Waals surface area contributed by atoms with Crippen molar-refractivity contribution in [1.82, 2.24) is 4.98 Å². The predicted octanol–water partition coefficient (Wildman–Crippen LogP) is 2.39. The molecular weight excluding hydrogens is 168 g/mol. The van der Waals surface area contributed by atoms with Gasteiger partial charge in [-0.2, -0.15) is 0 Å². The average molecular weight is 176 g/mol. The van der Waals surface area contributed by atoms with E-state index in [4.69, 9.17) is 5.73 Å². The second-order valence-corrected chi connectivity index (χ2v) is 3.29. The molecule has 1 heterocycles. The van der Waals surface area contributed by atoms with Crippen LogP contribution in [0.5, 0.6) is 0 Å². The molecule has 0 saturated heterocycles. The van der Waals surface area contributed by atoms with E-state index in [1.165, 1.54) is 0 Å². The number of rotatable bonds is 1. The van der Waals surface area contributed by atoms with Crippen LogP contribution in [0.25, 0.3) is 10.4 Å². The van der Waals surface area contributed by atoms with Crippen LogP contribution in [0.3, 0.4) is 0 Å². The van der Waals surface area contributed by atoms with Gasteiger partial charge in [-0.25, -0.2) is 4.98 Å². The first kappa shape index (κ1) is 7.31. The van der Waals surface area contributed by atoms with Crippen LogP contribution in [0.15, 0.2) is 35.8 Å². The summed E-state index contributed by atoms with van der Waals surface area (Å²) in [4.78, 5) is 5.04. The zero-order chi connectivity index (χ0) is 8.39. The van der Waals surface area contributed by atoms with Crippen molar-refractivity contribution in [2.45, 2.75) is 0 Å². The smallest absolute Gasteiger partial charge is 0.142 e. The van der Waals surface area contributed by atoms with Crippen molar-refractivity contribution in [1.29, 1.82) is 0 Å². The standard InChI is InChI=1S/C9H8N2S/c10-9-8(12-6-11-9)7-4-2-1-3-5-7/h1-6H,10H2. The van der Waals surface area contributed by atoms with Crippen molar-refractivity contribution in [2.24, 2.45) is 0 Å². The van der Waals surface area contributed by atoms with Crippen molar-refractivity contribution in [3.63, 3.8) is 0 Å². The molecule has 0 atom stereocenters. The van der Waals surface area contributed by atoms with Crippen LogP contribution >= 0.6 is 11.3 Å². The van der Waals surface area contributed by atoms with E-state index < -0.39 is 0 Å². The topological polar surface area (TPSA) is 38.9 Å². The first-order chi connectivity index (χ1) is 5.88. The van der Waals surface area contributed by atoms with Crippen molar-refractivity contribution in [3.05, 3.63) is 35.8 Å². The second kappa shape index (κ2) is 2.95. The van der Waals surface area contributed by atoms with Crippen LogP contribution in [0, 0.1) is 0 Å². The zero-order valence-corrected chi connectivity index (χ0v) is 7.21. The highest BCUT2D eigenvalue weighted by atomic mass is 32.1. The number of hydrogen-bond acceptors (Lipinski definition) is 3. The summed E-state index contributed by atoms with van der Waals surface area (Å²) < 4.78 is 0. The van der Waals surface area contributed by atoms with Gasteiger partial charge in [-0.15, -0.1) is 11.3 Å².